The molecule has 6 nitrogen and oxygen atoms in total. The summed E-state index contributed by atoms with van der Waals surface area (Å²) in [4.78, 5) is 21.1. The molecule has 1 aromatic rings. The van der Waals surface area contributed by atoms with E-state index in [1.807, 2.05) is 0 Å². The largest absolute Gasteiger partial charge is 0.478 e. The van der Waals surface area contributed by atoms with Crippen LogP contribution in [0.1, 0.15) is 19.4 Å². The number of carboxylic acids is 1. The smallest absolute Gasteiger partial charge is 0.345 e. The fourth-order valence-corrected chi connectivity index (χ4v) is 1.52. The third kappa shape index (κ3) is 3.19. The molecule has 0 aliphatic carbocycles. The summed E-state index contributed by atoms with van der Waals surface area (Å²) in [5.41, 5.74) is 0.421. The van der Waals surface area contributed by atoms with Crippen molar-refractivity contribution in [2.45, 2.75) is 26.9 Å². The molecule has 0 amide bonds. The maximum absolute atomic E-state index is 11.0. The van der Waals surface area contributed by atoms with E-state index in [9.17, 15) is 14.9 Å². The van der Waals surface area contributed by atoms with Crippen LogP contribution in [-0.4, -0.2) is 22.1 Å². The fraction of sp³-hybridized carbons (Fsp3) is 0.417. The summed E-state index contributed by atoms with van der Waals surface area (Å²) < 4.78 is 5.33. The van der Waals surface area contributed by atoms with Gasteiger partial charge in [-0.2, -0.15) is 0 Å². The first-order chi connectivity index (χ1) is 8.32. The number of carbonyl (C=O) groups is 1. The molecule has 0 saturated carbocycles. The summed E-state index contributed by atoms with van der Waals surface area (Å²) in [6.07, 6.45) is -0.967. The summed E-state index contributed by atoms with van der Waals surface area (Å²) >= 11 is 0. The minimum Gasteiger partial charge on any atom is -0.478 e. The van der Waals surface area contributed by atoms with Gasteiger partial charge in [0.2, 0.25) is 0 Å². The molecule has 98 valence electrons. The first kappa shape index (κ1) is 14.0. The van der Waals surface area contributed by atoms with Crippen LogP contribution < -0.4 is 4.74 Å². The first-order valence-corrected chi connectivity index (χ1v) is 5.47. The van der Waals surface area contributed by atoms with Crippen molar-refractivity contribution >= 4 is 11.7 Å². The van der Waals surface area contributed by atoms with Crippen LogP contribution >= 0.6 is 0 Å². The summed E-state index contributed by atoms with van der Waals surface area (Å²) in [7, 11) is 0. The zero-order valence-corrected chi connectivity index (χ0v) is 10.4. The number of carboxylic acid groups (broad SMARTS) is 1. The monoisotopic (exact) mass is 253 g/mol. The molecule has 1 aromatic carbocycles. The van der Waals surface area contributed by atoms with Gasteiger partial charge in [0.1, 0.15) is 5.75 Å². The number of hydrogen-bond acceptors (Lipinski definition) is 4. The number of ether oxygens (including phenoxy) is 1. The second-order valence-corrected chi connectivity index (χ2v) is 4.33. The summed E-state index contributed by atoms with van der Waals surface area (Å²) in [5.74, 6) is -0.932. The van der Waals surface area contributed by atoms with Crippen molar-refractivity contribution in [2.75, 3.05) is 0 Å². The van der Waals surface area contributed by atoms with Gasteiger partial charge in [0.05, 0.1) is 4.92 Å². The van der Waals surface area contributed by atoms with Gasteiger partial charge in [-0.3, -0.25) is 10.1 Å². The van der Waals surface area contributed by atoms with Crippen LogP contribution in [0.2, 0.25) is 0 Å². The number of nitrogens with zero attached hydrogens (tertiary/aromatic N) is 1. The lowest BCUT2D eigenvalue weighted by Crippen LogP contribution is -2.32. The number of nitro benzene ring substituents is 1. The van der Waals surface area contributed by atoms with Gasteiger partial charge in [0.25, 0.3) is 5.69 Å². The van der Waals surface area contributed by atoms with Gasteiger partial charge in [-0.15, -0.1) is 0 Å². The van der Waals surface area contributed by atoms with Crippen LogP contribution in [0, 0.1) is 23.0 Å². The van der Waals surface area contributed by atoms with Crippen molar-refractivity contribution in [3.63, 3.8) is 0 Å². The van der Waals surface area contributed by atoms with Gasteiger partial charge >= 0.3 is 5.97 Å². The highest BCUT2D eigenvalue weighted by atomic mass is 16.6. The molecule has 1 atom stereocenters. The van der Waals surface area contributed by atoms with Crippen molar-refractivity contribution in [3.8, 4) is 5.75 Å². The molecular weight excluding hydrogens is 238 g/mol. The van der Waals surface area contributed by atoms with Gasteiger partial charge in [0.15, 0.2) is 6.10 Å². The van der Waals surface area contributed by atoms with Gasteiger partial charge in [-0.1, -0.05) is 13.8 Å². The molecule has 6 heteroatoms. The maximum Gasteiger partial charge on any atom is 0.345 e. The predicted molar refractivity (Wildman–Crippen MR) is 64.7 cm³/mol. The van der Waals surface area contributed by atoms with Crippen LogP contribution in [0.3, 0.4) is 0 Å². The highest BCUT2D eigenvalue weighted by Crippen LogP contribution is 2.24. The Morgan fingerprint density at radius 3 is 2.44 bits per heavy atom. The lowest BCUT2D eigenvalue weighted by atomic mass is 10.1. The number of hydrogen-bond donors (Lipinski definition) is 1. The van der Waals surface area contributed by atoms with Gasteiger partial charge in [0, 0.05) is 17.5 Å². The van der Waals surface area contributed by atoms with Crippen molar-refractivity contribution in [1.82, 2.24) is 0 Å². The number of aryl methyl sites for hydroxylation is 1. The molecule has 18 heavy (non-hydrogen) atoms. The second-order valence-electron chi connectivity index (χ2n) is 4.33. The molecule has 1 unspecified atom stereocenters. The van der Waals surface area contributed by atoms with Crippen LogP contribution in [0.5, 0.6) is 5.75 Å². The lowest BCUT2D eigenvalue weighted by Gasteiger charge is -2.18. The third-order valence-corrected chi connectivity index (χ3v) is 2.48. The van der Waals surface area contributed by atoms with Crippen LogP contribution in [-0.2, 0) is 4.79 Å². The molecule has 0 bridgehead atoms. The Labute approximate surface area is 104 Å². The van der Waals surface area contributed by atoms with Crippen molar-refractivity contribution in [3.05, 3.63) is 33.9 Å². The third-order valence-electron chi connectivity index (χ3n) is 2.48. The Hall–Kier alpha value is -2.11. The molecular formula is C12H15NO5. The molecule has 0 fully saturated rings. The Morgan fingerprint density at radius 2 is 2.06 bits per heavy atom. The summed E-state index contributed by atoms with van der Waals surface area (Å²) in [6, 6.07) is 4.18. The normalized spacial score (nSPS) is 12.2. The average molecular weight is 253 g/mol. The Kier molecular flexibility index (Phi) is 4.25. The standard InChI is InChI=1S/C12H15NO5/c1-7(2)11(12(14)15)18-9-4-5-10(13(16)17)8(3)6-9/h4-7,11H,1-3H3,(H,14,15). The van der Waals surface area contributed by atoms with Gasteiger partial charge in [-0.25, -0.2) is 4.79 Å². The summed E-state index contributed by atoms with van der Waals surface area (Å²) in [5, 5.41) is 19.6. The number of aliphatic carboxylic acids is 1. The van der Waals surface area contributed by atoms with Gasteiger partial charge in [-0.05, 0) is 19.1 Å². The Morgan fingerprint density at radius 1 is 1.44 bits per heavy atom. The lowest BCUT2D eigenvalue weighted by molar-refractivity contribution is -0.385. The molecule has 0 aliphatic rings. The van der Waals surface area contributed by atoms with Crippen LogP contribution in [0.15, 0.2) is 18.2 Å². The SMILES string of the molecule is Cc1cc(OC(C(=O)O)C(C)C)ccc1[N+](=O)[O-]. The molecule has 1 N–H and O–H groups in total. The highest BCUT2D eigenvalue weighted by molar-refractivity contribution is 5.73. The second kappa shape index (κ2) is 5.48. The molecule has 0 aromatic heterocycles. The van der Waals surface area contributed by atoms with Crippen molar-refractivity contribution < 1.29 is 19.6 Å². The number of nitro groups is 1. The Balaban J connectivity index is 2.95. The zero-order chi connectivity index (χ0) is 13.9. The van der Waals surface area contributed by atoms with E-state index in [2.05, 4.69) is 0 Å². The van der Waals surface area contributed by atoms with E-state index in [-0.39, 0.29) is 11.6 Å². The quantitative estimate of drug-likeness (QED) is 0.642. The van der Waals surface area contributed by atoms with E-state index in [0.717, 1.165) is 0 Å². The van der Waals surface area contributed by atoms with E-state index in [4.69, 9.17) is 9.84 Å². The van der Waals surface area contributed by atoms with Crippen molar-refractivity contribution in [2.24, 2.45) is 5.92 Å². The molecule has 0 aliphatic heterocycles. The number of benzene rings is 1. The van der Waals surface area contributed by atoms with Gasteiger partial charge < -0.3 is 9.84 Å². The molecule has 0 radical (unpaired) electrons. The van der Waals surface area contributed by atoms with E-state index in [0.29, 0.717) is 11.3 Å². The predicted octanol–water partition coefficient (Wildman–Crippen LogP) is 2.39. The van der Waals surface area contributed by atoms with E-state index < -0.39 is 17.0 Å². The Bertz CT molecular complexity index is 470. The topological polar surface area (TPSA) is 89.7 Å². The van der Waals surface area contributed by atoms with Crippen LogP contribution in [0.4, 0.5) is 5.69 Å². The van der Waals surface area contributed by atoms with E-state index in [1.165, 1.54) is 18.2 Å². The van der Waals surface area contributed by atoms with Crippen LogP contribution in [0.25, 0.3) is 0 Å². The average Bonchev–Trinajstić information content (AvgIpc) is 2.24. The molecule has 0 spiro atoms. The minimum atomic E-state index is -1.05. The zero-order valence-electron chi connectivity index (χ0n) is 10.4. The van der Waals surface area contributed by atoms with E-state index in [1.54, 1.807) is 20.8 Å². The first-order valence-electron chi connectivity index (χ1n) is 5.47. The minimum absolute atomic E-state index is 0.0150. The fourth-order valence-electron chi connectivity index (χ4n) is 1.52. The van der Waals surface area contributed by atoms with E-state index >= 15 is 0 Å². The maximum atomic E-state index is 11.0. The molecule has 0 saturated heterocycles. The van der Waals surface area contributed by atoms with Crippen molar-refractivity contribution in [1.29, 1.82) is 0 Å². The molecule has 0 heterocycles. The molecule has 1 rings (SSSR count). The number of rotatable bonds is 5. The highest BCUT2D eigenvalue weighted by Gasteiger charge is 2.24. The summed E-state index contributed by atoms with van der Waals surface area (Å²) in [6.45, 7) is 5.05.